The Morgan fingerprint density at radius 1 is 1.04 bits per heavy atom. The Labute approximate surface area is 162 Å². The van der Waals surface area contributed by atoms with E-state index in [2.05, 4.69) is 4.90 Å². The number of nitrogens with zero attached hydrogens (tertiary/aromatic N) is 2. The van der Waals surface area contributed by atoms with Crippen molar-refractivity contribution in [2.75, 3.05) is 36.8 Å². The zero-order valence-corrected chi connectivity index (χ0v) is 16.6. The van der Waals surface area contributed by atoms with Gasteiger partial charge >= 0.3 is 0 Å². The van der Waals surface area contributed by atoms with Crippen molar-refractivity contribution in [1.29, 1.82) is 0 Å². The number of hydrogen-bond acceptors (Lipinski definition) is 3. The summed E-state index contributed by atoms with van der Waals surface area (Å²) in [6.07, 6.45) is 0. The van der Waals surface area contributed by atoms with Gasteiger partial charge in [0.05, 0.1) is 0 Å². The Morgan fingerprint density at radius 3 is 2.37 bits per heavy atom. The highest BCUT2D eigenvalue weighted by molar-refractivity contribution is 7.84. The zero-order chi connectivity index (χ0) is 19.4. The first-order valence-electron chi connectivity index (χ1n) is 9.12. The molecule has 3 rings (SSSR count). The monoisotopic (exact) mass is 388 g/mol. The van der Waals surface area contributed by atoms with Crippen LogP contribution in [0, 0.1) is 19.7 Å². The van der Waals surface area contributed by atoms with Crippen LogP contribution in [-0.4, -0.2) is 46.9 Å². The van der Waals surface area contributed by atoms with E-state index in [9.17, 15) is 13.4 Å². The molecule has 6 heteroatoms. The standard InChI is InChI=1S/C21H25FN2O2S/c1-16-3-4-17(2)18(13-16)14-27(26)15-21(25)24-11-9-23(10-12-24)20-7-5-19(22)6-8-20/h3-8,13H,9-12,14-15H2,1-2H3/t27-/m1/s1. The second-order valence-electron chi connectivity index (χ2n) is 7.00. The fourth-order valence-corrected chi connectivity index (χ4v) is 4.49. The molecule has 4 nitrogen and oxygen atoms in total. The van der Waals surface area contributed by atoms with Crippen molar-refractivity contribution in [1.82, 2.24) is 4.90 Å². The Bertz CT molecular complexity index is 831. The lowest BCUT2D eigenvalue weighted by atomic mass is 10.1. The van der Waals surface area contributed by atoms with Gasteiger partial charge in [-0.3, -0.25) is 9.00 Å². The zero-order valence-electron chi connectivity index (χ0n) is 15.8. The lowest BCUT2D eigenvalue weighted by Gasteiger charge is -2.36. The van der Waals surface area contributed by atoms with Crippen LogP contribution >= 0.6 is 0 Å². The summed E-state index contributed by atoms with van der Waals surface area (Å²) in [4.78, 5) is 16.4. The van der Waals surface area contributed by atoms with E-state index in [4.69, 9.17) is 0 Å². The molecular weight excluding hydrogens is 363 g/mol. The van der Waals surface area contributed by atoms with Gasteiger partial charge in [0.15, 0.2) is 0 Å². The first kappa shape index (κ1) is 19.5. The lowest BCUT2D eigenvalue weighted by molar-refractivity contribution is -0.128. The normalized spacial score (nSPS) is 15.7. The molecular formula is C21H25FN2O2S. The fraction of sp³-hybridized carbons (Fsp3) is 0.381. The third-order valence-corrected chi connectivity index (χ3v) is 6.13. The van der Waals surface area contributed by atoms with Gasteiger partial charge in [0.2, 0.25) is 5.91 Å². The number of halogens is 1. The molecule has 1 amide bonds. The van der Waals surface area contributed by atoms with Crippen molar-refractivity contribution < 1.29 is 13.4 Å². The summed E-state index contributed by atoms with van der Waals surface area (Å²) < 4.78 is 25.5. The number of carbonyl (C=O) groups is 1. The number of amides is 1. The van der Waals surface area contributed by atoms with Gasteiger partial charge in [0.25, 0.3) is 0 Å². The summed E-state index contributed by atoms with van der Waals surface area (Å²) in [5.74, 6) is 0.162. The number of piperazine rings is 1. The third kappa shape index (κ3) is 5.16. The van der Waals surface area contributed by atoms with E-state index >= 15 is 0 Å². The van der Waals surface area contributed by atoms with Gasteiger partial charge in [-0.15, -0.1) is 0 Å². The van der Waals surface area contributed by atoms with Gasteiger partial charge in [0, 0.05) is 48.4 Å². The molecule has 0 bridgehead atoms. The highest BCUT2D eigenvalue weighted by atomic mass is 32.2. The maximum Gasteiger partial charge on any atom is 0.235 e. The molecule has 0 spiro atoms. The minimum absolute atomic E-state index is 0.0580. The quantitative estimate of drug-likeness (QED) is 0.791. The summed E-state index contributed by atoms with van der Waals surface area (Å²) in [7, 11) is -1.22. The Kier molecular flexibility index (Phi) is 6.26. The van der Waals surface area contributed by atoms with Crippen LogP contribution in [0.15, 0.2) is 42.5 Å². The highest BCUT2D eigenvalue weighted by Gasteiger charge is 2.22. The van der Waals surface area contributed by atoms with Crippen molar-refractivity contribution in [3.8, 4) is 0 Å². The third-order valence-electron chi connectivity index (χ3n) is 4.93. The Morgan fingerprint density at radius 2 is 1.70 bits per heavy atom. The van der Waals surface area contributed by atoms with Gasteiger partial charge < -0.3 is 9.80 Å². The largest absolute Gasteiger partial charge is 0.368 e. The van der Waals surface area contributed by atoms with Crippen LogP contribution in [0.4, 0.5) is 10.1 Å². The predicted molar refractivity (Wildman–Crippen MR) is 108 cm³/mol. The summed E-state index contributed by atoms with van der Waals surface area (Å²) in [6, 6.07) is 12.5. The average Bonchev–Trinajstić information content (AvgIpc) is 2.65. The first-order chi connectivity index (χ1) is 12.9. The van der Waals surface area contributed by atoms with Crippen LogP contribution in [0.3, 0.4) is 0 Å². The average molecular weight is 389 g/mol. The lowest BCUT2D eigenvalue weighted by Crippen LogP contribution is -2.50. The van der Waals surface area contributed by atoms with Crippen LogP contribution in [0.25, 0.3) is 0 Å². The molecule has 0 saturated carbocycles. The topological polar surface area (TPSA) is 40.6 Å². The molecule has 1 aliphatic heterocycles. The summed E-state index contributed by atoms with van der Waals surface area (Å²) in [6.45, 7) is 6.59. The molecule has 1 atom stereocenters. The Balaban J connectivity index is 1.51. The number of aryl methyl sites for hydroxylation is 2. The van der Waals surface area contributed by atoms with E-state index in [1.54, 1.807) is 17.0 Å². The molecule has 1 aliphatic rings. The summed E-state index contributed by atoms with van der Waals surface area (Å²) >= 11 is 0. The van der Waals surface area contributed by atoms with E-state index < -0.39 is 10.8 Å². The van der Waals surface area contributed by atoms with Gasteiger partial charge in [0.1, 0.15) is 11.6 Å². The molecule has 144 valence electrons. The second-order valence-corrected chi connectivity index (χ2v) is 8.46. The maximum absolute atomic E-state index is 13.0. The number of hydrogen-bond donors (Lipinski definition) is 0. The number of anilines is 1. The number of benzene rings is 2. The Hall–Kier alpha value is -2.21. The molecule has 1 saturated heterocycles. The van der Waals surface area contributed by atoms with Crippen LogP contribution in [0.1, 0.15) is 16.7 Å². The summed E-state index contributed by atoms with van der Waals surface area (Å²) in [5, 5.41) is 0. The molecule has 0 radical (unpaired) electrons. The van der Waals surface area contributed by atoms with Crippen LogP contribution < -0.4 is 4.90 Å². The van der Waals surface area contributed by atoms with Crippen LogP contribution in [0.5, 0.6) is 0 Å². The molecule has 1 heterocycles. The van der Waals surface area contributed by atoms with E-state index in [0.29, 0.717) is 31.9 Å². The van der Waals surface area contributed by atoms with Crippen molar-refractivity contribution in [2.24, 2.45) is 0 Å². The van der Waals surface area contributed by atoms with Crippen molar-refractivity contribution in [2.45, 2.75) is 19.6 Å². The van der Waals surface area contributed by atoms with E-state index in [1.165, 1.54) is 12.1 Å². The molecule has 0 aliphatic carbocycles. The molecule has 0 unspecified atom stereocenters. The van der Waals surface area contributed by atoms with Crippen molar-refractivity contribution in [3.63, 3.8) is 0 Å². The molecule has 0 N–H and O–H groups in total. The minimum Gasteiger partial charge on any atom is -0.368 e. The molecule has 2 aromatic rings. The van der Waals surface area contributed by atoms with E-state index in [-0.39, 0.29) is 17.5 Å². The number of rotatable bonds is 5. The SMILES string of the molecule is Cc1ccc(C)c(C[S@@](=O)CC(=O)N2CCN(c3ccc(F)cc3)CC2)c1. The van der Waals surface area contributed by atoms with Gasteiger partial charge in [-0.25, -0.2) is 4.39 Å². The molecule has 27 heavy (non-hydrogen) atoms. The fourth-order valence-electron chi connectivity index (χ4n) is 3.28. The van der Waals surface area contributed by atoms with Gasteiger partial charge in [-0.05, 0) is 49.2 Å². The number of carbonyl (C=O) groups excluding carboxylic acids is 1. The van der Waals surface area contributed by atoms with E-state index in [0.717, 1.165) is 22.4 Å². The highest BCUT2D eigenvalue weighted by Crippen LogP contribution is 2.17. The molecule has 1 fully saturated rings. The maximum atomic E-state index is 13.0. The van der Waals surface area contributed by atoms with Crippen molar-refractivity contribution >= 4 is 22.4 Å². The predicted octanol–water partition coefficient (Wildman–Crippen LogP) is 3.04. The van der Waals surface area contributed by atoms with Gasteiger partial charge in [-0.1, -0.05) is 23.8 Å². The smallest absolute Gasteiger partial charge is 0.235 e. The van der Waals surface area contributed by atoms with Crippen molar-refractivity contribution in [3.05, 3.63) is 65.0 Å². The van der Waals surface area contributed by atoms with E-state index in [1.807, 2.05) is 32.0 Å². The summed E-state index contributed by atoms with van der Waals surface area (Å²) in [5.41, 5.74) is 4.24. The minimum atomic E-state index is -1.22. The van der Waals surface area contributed by atoms with Crippen LogP contribution in [0.2, 0.25) is 0 Å². The second kappa shape index (κ2) is 8.65. The van der Waals surface area contributed by atoms with Crippen LogP contribution in [-0.2, 0) is 21.3 Å². The molecule has 0 aromatic heterocycles. The first-order valence-corrected chi connectivity index (χ1v) is 10.6. The van der Waals surface area contributed by atoms with Gasteiger partial charge in [-0.2, -0.15) is 0 Å². The molecule has 2 aromatic carbocycles.